The fourth-order valence-corrected chi connectivity index (χ4v) is 3.35. The van der Waals surface area contributed by atoms with Gasteiger partial charge in [-0.25, -0.2) is 9.98 Å². The maximum atomic E-state index is 12.5. The van der Waals surface area contributed by atoms with E-state index in [0.29, 0.717) is 16.8 Å². The zero-order valence-corrected chi connectivity index (χ0v) is 16.6. The molecule has 1 aliphatic heterocycles. The number of amides is 1. The van der Waals surface area contributed by atoms with Crippen LogP contribution in [-0.2, 0) is 15.1 Å². The van der Waals surface area contributed by atoms with E-state index in [9.17, 15) is 4.79 Å². The number of ether oxygens (including phenoxy) is 1. The third-order valence-corrected chi connectivity index (χ3v) is 4.70. The number of pyridine rings is 1. The number of hydrogen-bond acceptors (Lipinski definition) is 8. The van der Waals surface area contributed by atoms with Crippen LogP contribution in [0.2, 0.25) is 0 Å². The molecule has 28 heavy (non-hydrogen) atoms. The van der Waals surface area contributed by atoms with E-state index in [-0.39, 0.29) is 12.3 Å². The molecule has 1 aromatic heterocycles. The van der Waals surface area contributed by atoms with Crippen molar-refractivity contribution in [3.8, 4) is 12.3 Å². The van der Waals surface area contributed by atoms with Crippen molar-refractivity contribution in [2.24, 2.45) is 20.7 Å². The molecule has 1 unspecified atom stereocenters. The number of rotatable bonds is 6. The number of terminal acetylenes is 1. The van der Waals surface area contributed by atoms with Crippen molar-refractivity contribution < 1.29 is 9.53 Å². The number of aromatic nitrogens is 1. The molecule has 1 aliphatic rings. The fraction of sp³-hybridized carbons (Fsp3) is 0.316. The summed E-state index contributed by atoms with van der Waals surface area (Å²) in [5, 5.41) is 3.29. The Morgan fingerprint density at radius 1 is 1.64 bits per heavy atom. The number of carbonyl (C=O) groups is 1. The minimum absolute atomic E-state index is 0.0320. The highest BCUT2D eigenvalue weighted by Gasteiger charge is 2.31. The second-order valence-electron chi connectivity index (χ2n) is 6.02. The van der Waals surface area contributed by atoms with Crippen LogP contribution < -0.4 is 11.1 Å². The monoisotopic (exact) mass is 398 g/mol. The minimum atomic E-state index is -0.527. The first-order chi connectivity index (χ1) is 13.4. The third-order valence-electron chi connectivity index (χ3n) is 3.90. The summed E-state index contributed by atoms with van der Waals surface area (Å²) in [6.45, 7) is 7.09. The Labute approximate surface area is 168 Å². The lowest BCUT2D eigenvalue weighted by Gasteiger charge is -2.28. The van der Waals surface area contributed by atoms with E-state index in [0.717, 1.165) is 17.9 Å². The third kappa shape index (κ3) is 5.69. The SMILES string of the molecule is C#CCOC(C)=N/C=C(\N=C)C(=O)Nc1ccnc(C2(C)CCSC(N)=N2)c1. The van der Waals surface area contributed by atoms with E-state index in [2.05, 4.69) is 37.9 Å². The van der Waals surface area contributed by atoms with Crippen LogP contribution in [0.15, 0.2) is 45.2 Å². The molecule has 0 radical (unpaired) electrons. The predicted molar refractivity (Wildman–Crippen MR) is 114 cm³/mol. The Kier molecular flexibility index (Phi) is 7.35. The number of aliphatic imine (C=N–C) groups is 3. The van der Waals surface area contributed by atoms with Gasteiger partial charge in [0.1, 0.15) is 17.8 Å². The first-order valence-electron chi connectivity index (χ1n) is 8.41. The summed E-state index contributed by atoms with van der Waals surface area (Å²) >= 11 is 1.52. The number of anilines is 1. The molecule has 0 bridgehead atoms. The van der Waals surface area contributed by atoms with Crippen LogP contribution in [0.5, 0.6) is 0 Å². The lowest BCUT2D eigenvalue weighted by atomic mass is 9.94. The average molecular weight is 398 g/mol. The van der Waals surface area contributed by atoms with Crippen molar-refractivity contribution in [1.82, 2.24) is 4.98 Å². The van der Waals surface area contributed by atoms with Crippen LogP contribution in [0.4, 0.5) is 5.69 Å². The molecule has 0 saturated heterocycles. The number of amidine groups is 1. The molecule has 146 valence electrons. The van der Waals surface area contributed by atoms with Gasteiger partial charge in [0.05, 0.1) is 11.9 Å². The van der Waals surface area contributed by atoms with E-state index < -0.39 is 11.4 Å². The topological polar surface area (TPSA) is 114 Å². The van der Waals surface area contributed by atoms with Crippen LogP contribution in [-0.4, -0.2) is 41.0 Å². The number of thioether (sulfide) groups is 1. The molecule has 1 atom stereocenters. The lowest BCUT2D eigenvalue weighted by molar-refractivity contribution is -0.112. The van der Waals surface area contributed by atoms with Gasteiger partial charge in [-0.15, -0.1) is 6.42 Å². The molecule has 1 amide bonds. The molecule has 0 aliphatic carbocycles. The van der Waals surface area contributed by atoms with E-state index in [4.69, 9.17) is 16.9 Å². The van der Waals surface area contributed by atoms with Gasteiger partial charge in [0.25, 0.3) is 5.91 Å². The zero-order valence-electron chi connectivity index (χ0n) is 15.8. The zero-order chi connectivity index (χ0) is 20.6. The second kappa shape index (κ2) is 9.71. The predicted octanol–water partition coefficient (Wildman–Crippen LogP) is 2.30. The van der Waals surface area contributed by atoms with Gasteiger partial charge < -0.3 is 15.8 Å². The molecule has 0 spiro atoms. The Morgan fingerprint density at radius 2 is 2.43 bits per heavy atom. The molecule has 0 fully saturated rings. The summed E-state index contributed by atoms with van der Waals surface area (Å²) in [7, 11) is 0. The van der Waals surface area contributed by atoms with Crippen molar-refractivity contribution in [3.05, 3.63) is 35.9 Å². The highest BCUT2D eigenvalue weighted by atomic mass is 32.2. The van der Waals surface area contributed by atoms with Gasteiger partial charge in [-0.1, -0.05) is 17.7 Å². The number of carbonyl (C=O) groups excluding carboxylic acids is 1. The number of hydrogen-bond donors (Lipinski definition) is 2. The largest absolute Gasteiger partial charge is 0.468 e. The standard InChI is InChI=1S/C19H22N6O2S/c1-5-9-27-13(2)23-12-15(21-4)17(26)24-14-6-8-22-16(11-14)19(3)7-10-28-18(20)25-19/h1,6,8,11-12H,4,7,9-10H2,2-3H3,(H2,20,25)(H,22,24,26)/b15-12-,23-13?. The summed E-state index contributed by atoms with van der Waals surface area (Å²) in [5.74, 6) is 3.04. The van der Waals surface area contributed by atoms with Crippen molar-refractivity contribution in [2.45, 2.75) is 25.8 Å². The van der Waals surface area contributed by atoms with Gasteiger partial charge >= 0.3 is 0 Å². The summed E-state index contributed by atoms with van der Waals surface area (Å²) in [5.41, 5.74) is 6.65. The van der Waals surface area contributed by atoms with Crippen LogP contribution in [0.1, 0.15) is 26.0 Å². The van der Waals surface area contributed by atoms with Crippen LogP contribution >= 0.6 is 11.8 Å². The fourth-order valence-electron chi connectivity index (χ4n) is 2.38. The molecule has 8 nitrogen and oxygen atoms in total. The summed E-state index contributed by atoms with van der Waals surface area (Å²) in [6.07, 6.45) is 8.80. The van der Waals surface area contributed by atoms with Gasteiger partial charge in [0, 0.05) is 24.6 Å². The quantitative estimate of drug-likeness (QED) is 0.330. The number of nitrogens with two attached hydrogens (primary N) is 1. The Bertz CT molecular complexity index is 887. The van der Waals surface area contributed by atoms with Crippen LogP contribution in [0, 0.1) is 12.3 Å². The van der Waals surface area contributed by atoms with Gasteiger partial charge in [-0.2, -0.15) is 0 Å². The molecule has 9 heteroatoms. The number of nitrogens with zero attached hydrogens (tertiary/aromatic N) is 4. The van der Waals surface area contributed by atoms with E-state index in [1.54, 1.807) is 25.3 Å². The van der Waals surface area contributed by atoms with Crippen LogP contribution in [0.25, 0.3) is 0 Å². The highest BCUT2D eigenvalue weighted by molar-refractivity contribution is 8.13. The van der Waals surface area contributed by atoms with Gasteiger partial charge in [0.15, 0.2) is 11.1 Å². The molecular weight excluding hydrogens is 376 g/mol. The Morgan fingerprint density at radius 3 is 3.11 bits per heavy atom. The molecule has 1 aromatic rings. The van der Waals surface area contributed by atoms with Gasteiger partial charge in [-0.3, -0.25) is 14.8 Å². The maximum Gasteiger partial charge on any atom is 0.275 e. The average Bonchev–Trinajstić information content (AvgIpc) is 2.67. The van der Waals surface area contributed by atoms with Crippen molar-refractivity contribution >= 4 is 41.1 Å². The van der Waals surface area contributed by atoms with Crippen molar-refractivity contribution in [3.63, 3.8) is 0 Å². The Hall–Kier alpha value is -3.12. The normalized spacial score (nSPS) is 20.0. The Balaban J connectivity index is 2.16. The smallest absolute Gasteiger partial charge is 0.275 e. The van der Waals surface area contributed by atoms with Crippen LogP contribution in [0.3, 0.4) is 0 Å². The minimum Gasteiger partial charge on any atom is -0.468 e. The highest BCUT2D eigenvalue weighted by Crippen LogP contribution is 2.34. The molecule has 0 aromatic carbocycles. The summed E-state index contributed by atoms with van der Waals surface area (Å²) < 4.78 is 5.13. The van der Waals surface area contributed by atoms with Gasteiger partial charge in [0.2, 0.25) is 0 Å². The second-order valence-corrected chi connectivity index (χ2v) is 7.13. The van der Waals surface area contributed by atoms with E-state index >= 15 is 0 Å². The molecule has 2 rings (SSSR count). The first-order valence-corrected chi connectivity index (χ1v) is 9.40. The number of nitrogens with one attached hydrogen (secondary N) is 1. The van der Waals surface area contributed by atoms with E-state index in [1.165, 1.54) is 18.0 Å². The van der Waals surface area contributed by atoms with Crippen molar-refractivity contribution in [2.75, 3.05) is 17.7 Å². The molecule has 2 heterocycles. The van der Waals surface area contributed by atoms with E-state index in [1.807, 2.05) is 6.92 Å². The van der Waals surface area contributed by atoms with Gasteiger partial charge in [-0.05, 0) is 32.2 Å². The summed E-state index contributed by atoms with van der Waals surface area (Å²) in [4.78, 5) is 29.1. The summed E-state index contributed by atoms with van der Waals surface area (Å²) in [6, 6.07) is 3.45. The molecule has 0 saturated carbocycles. The molecule has 3 N–H and O–H groups in total. The lowest BCUT2D eigenvalue weighted by Crippen LogP contribution is -2.29. The molecular formula is C19H22N6O2S. The maximum absolute atomic E-state index is 12.5. The first kappa shape index (κ1) is 21.2. The van der Waals surface area contributed by atoms with Crippen molar-refractivity contribution in [1.29, 1.82) is 0 Å².